The van der Waals surface area contributed by atoms with E-state index in [0.717, 1.165) is 19.5 Å². The lowest BCUT2D eigenvalue weighted by Gasteiger charge is -2.45. The van der Waals surface area contributed by atoms with Gasteiger partial charge in [0.2, 0.25) is 0 Å². The lowest BCUT2D eigenvalue weighted by Crippen LogP contribution is -2.46. The highest BCUT2D eigenvalue weighted by Gasteiger charge is 2.44. The predicted molar refractivity (Wildman–Crippen MR) is 58.8 cm³/mol. The van der Waals surface area contributed by atoms with E-state index in [9.17, 15) is 4.79 Å². The Kier molecular flexibility index (Phi) is 3.01. The first-order chi connectivity index (χ1) is 7.12. The Morgan fingerprint density at radius 3 is 2.73 bits per heavy atom. The smallest absolute Gasteiger partial charge is 0.303 e. The van der Waals surface area contributed by atoms with E-state index in [1.165, 1.54) is 25.7 Å². The van der Waals surface area contributed by atoms with Crippen LogP contribution in [0.1, 0.15) is 38.5 Å². The first kappa shape index (κ1) is 10.9. The highest BCUT2D eigenvalue weighted by atomic mass is 16.4. The van der Waals surface area contributed by atoms with Crippen LogP contribution in [0.3, 0.4) is 0 Å². The number of nitrogens with zero attached hydrogens (tertiary/aromatic N) is 1. The fraction of sp³-hybridized carbons (Fsp3) is 0.917. The molecule has 1 aliphatic heterocycles. The first-order valence-corrected chi connectivity index (χ1v) is 6.03. The zero-order valence-corrected chi connectivity index (χ0v) is 9.54. The summed E-state index contributed by atoms with van der Waals surface area (Å²) >= 11 is 0. The van der Waals surface area contributed by atoms with Crippen LogP contribution in [0.5, 0.6) is 0 Å². The highest BCUT2D eigenvalue weighted by Crippen LogP contribution is 2.49. The van der Waals surface area contributed by atoms with Gasteiger partial charge in [0.05, 0.1) is 0 Å². The molecule has 1 N–H and O–H groups in total. The number of carbonyl (C=O) groups is 1. The van der Waals surface area contributed by atoms with Gasteiger partial charge in [-0.05, 0) is 44.2 Å². The van der Waals surface area contributed by atoms with Crippen LogP contribution >= 0.6 is 0 Å². The summed E-state index contributed by atoms with van der Waals surface area (Å²) in [5, 5.41) is 8.96. The van der Waals surface area contributed by atoms with Crippen LogP contribution < -0.4 is 0 Å². The van der Waals surface area contributed by atoms with E-state index in [4.69, 9.17) is 5.11 Å². The van der Waals surface area contributed by atoms with Gasteiger partial charge < -0.3 is 10.0 Å². The second-order valence-electron chi connectivity index (χ2n) is 5.39. The lowest BCUT2D eigenvalue weighted by molar-refractivity contribution is -0.140. The number of likely N-dealkylation sites (tertiary alicyclic amines) is 1. The molecule has 3 nitrogen and oxygen atoms in total. The van der Waals surface area contributed by atoms with E-state index >= 15 is 0 Å². The largest absolute Gasteiger partial charge is 0.481 e. The number of rotatable bonds is 2. The number of hydrogen-bond donors (Lipinski definition) is 1. The van der Waals surface area contributed by atoms with Gasteiger partial charge in [0.1, 0.15) is 0 Å². The standard InChI is InChI=1S/C12H21NO2/c1-13-7-4-10(8-11(14)15)12(9-13)5-2-3-6-12/h10H,2-9H2,1H3,(H,14,15). The van der Waals surface area contributed by atoms with Crippen LogP contribution in [0.25, 0.3) is 0 Å². The molecule has 15 heavy (non-hydrogen) atoms. The summed E-state index contributed by atoms with van der Waals surface area (Å²) in [7, 11) is 2.16. The van der Waals surface area contributed by atoms with Crippen molar-refractivity contribution in [1.29, 1.82) is 0 Å². The number of carboxylic acid groups (broad SMARTS) is 1. The fourth-order valence-corrected chi connectivity index (χ4v) is 3.60. The van der Waals surface area contributed by atoms with Crippen LogP contribution in [0, 0.1) is 11.3 Å². The van der Waals surface area contributed by atoms with E-state index in [-0.39, 0.29) is 0 Å². The molecular formula is C12H21NO2. The molecule has 1 atom stereocenters. The van der Waals surface area contributed by atoms with E-state index in [1.54, 1.807) is 0 Å². The molecule has 0 aromatic rings. The molecule has 3 heteroatoms. The summed E-state index contributed by atoms with van der Waals surface area (Å²) in [4.78, 5) is 13.3. The van der Waals surface area contributed by atoms with Crippen molar-refractivity contribution in [3.8, 4) is 0 Å². The van der Waals surface area contributed by atoms with E-state index in [2.05, 4.69) is 11.9 Å². The summed E-state index contributed by atoms with van der Waals surface area (Å²) in [5.74, 6) is -0.190. The zero-order chi connectivity index (χ0) is 10.9. The third-order valence-corrected chi connectivity index (χ3v) is 4.33. The second kappa shape index (κ2) is 4.12. The van der Waals surface area contributed by atoms with Gasteiger partial charge in [-0.25, -0.2) is 0 Å². The average Bonchev–Trinajstić information content (AvgIpc) is 2.59. The van der Waals surface area contributed by atoms with Crippen molar-refractivity contribution in [2.45, 2.75) is 38.5 Å². The molecule has 86 valence electrons. The van der Waals surface area contributed by atoms with E-state index in [1.807, 2.05) is 0 Å². The minimum absolute atomic E-state index is 0.339. The lowest BCUT2D eigenvalue weighted by atomic mass is 9.68. The molecule has 1 unspecified atom stereocenters. The van der Waals surface area contributed by atoms with Gasteiger partial charge in [-0.2, -0.15) is 0 Å². The molecule has 1 aliphatic carbocycles. The maximum Gasteiger partial charge on any atom is 0.303 e. The number of carboxylic acids is 1. The van der Waals surface area contributed by atoms with Crippen LogP contribution in [0.15, 0.2) is 0 Å². The summed E-state index contributed by atoms with van der Waals surface area (Å²) in [6, 6.07) is 0. The Hall–Kier alpha value is -0.570. The molecule has 2 fully saturated rings. The molecule has 0 aromatic heterocycles. The van der Waals surface area contributed by atoms with Crippen LogP contribution in [-0.2, 0) is 4.79 Å². The SMILES string of the molecule is CN1CCC(CC(=O)O)C2(CCCC2)C1. The van der Waals surface area contributed by atoms with Crippen molar-refractivity contribution in [1.82, 2.24) is 4.90 Å². The Morgan fingerprint density at radius 2 is 2.13 bits per heavy atom. The molecule has 0 radical (unpaired) electrons. The topological polar surface area (TPSA) is 40.5 Å². The number of piperidine rings is 1. The van der Waals surface area contributed by atoms with Crippen LogP contribution in [0.2, 0.25) is 0 Å². The van der Waals surface area contributed by atoms with Gasteiger partial charge in [0.15, 0.2) is 0 Å². The van der Waals surface area contributed by atoms with Crippen molar-refractivity contribution in [2.24, 2.45) is 11.3 Å². The Morgan fingerprint density at radius 1 is 1.47 bits per heavy atom. The van der Waals surface area contributed by atoms with Gasteiger partial charge in [-0.15, -0.1) is 0 Å². The third-order valence-electron chi connectivity index (χ3n) is 4.33. The van der Waals surface area contributed by atoms with Gasteiger partial charge in [0.25, 0.3) is 0 Å². The Bertz CT molecular complexity index is 246. The summed E-state index contributed by atoms with van der Waals surface area (Å²) < 4.78 is 0. The monoisotopic (exact) mass is 211 g/mol. The number of hydrogen-bond acceptors (Lipinski definition) is 2. The number of aliphatic carboxylic acids is 1. The third kappa shape index (κ3) is 2.17. The summed E-state index contributed by atoms with van der Waals surface area (Å²) in [6.45, 7) is 2.19. The van der Waals surface area contributed by atoms with E-state index < -0.39 is 5.97 Å². The van der Waals surface area contributed by atoms with Crippen LogP contribution in [-0.4, -0.2) is 36.1 Å². The molecule has 1 saturated heterocycles. The molecule has 1 spiro atoms. The average molecular weight is 211 g/mol. The Labute approximate surface area is 91.5 Å². The fourth-order valence-electron chi connectivity index (χ4n) is 3.60. The van der Waals surface area contributed by atoms with Crippen molar-refractivity contribution < 1.29 is 9.90 Å². The molecular weight excluding hydrogens is 190 g/mol. The van der Waals surface area contributed by atoms with Crippen molar-refractivity contribution in [3.63, 3.8) is 0 Å². The van der Waals surface area contributed by atoms with Crippen molar-refractivity contribution in [3.05, 3.63) is 0 Å². The molecule has 2 aliphatic rings. The van der Waals surface area contributed by atoms with Gasteiger partial charge in [-0.1, -0.05) is 12.8 Å². The Balaban J connectivity index is 2.09. The van der Waals surface area contributed by atoms with Gasteiger partial charge in [-0.3, -0.25) is 4.79 Å². The summed E-state index contributed by atoms with van der Waals surface area (Å²) in [5.41, 5.74) is 0.339. The quantitative estimate of drug-likeness (QED) is 0.759. The molecule has 0 aromatic carbocycles. The van der Waals surface area contributed by atoms with Crippen molar-refractivity contribution in [2.75, 3.05) is 20.1 Å². The maximum atomic E-state index is 10.9. The highest BCUT2D eigenvalue weighted by molar-refractivity contribution is 5.67. The van der Waals surface area contributed by atoms with Gasteiger partial charge >= 0.3 is 5.97 Å². The van der Waals surface area contributed by atoms with Gasteiger partial charge in [0, 0.05) is 13.0 Å². The second-order valence-corrected chi connectivity index (χ2v) is 5.39. The molecule has 0 bridgehead atoms. The summed E-state index contributed by atoms with van der Waals surface area (Å²) in [6.07, 6.45) is 6.54. The first-order valence-electron chi connectivity index (χ1n) is 6.03. The minimum atomic E-state index is -0.615. The molecule has 2 rings (SSSR count). The predicted octanol–water partition coefficient (Wildman–Crippen LogP) is 1.97. The van der Waals surface area contributed by atoms with Crippen LogP contribution in [0.4, 0.5) is 0 Å². The van der Waals surface area contributed by atoms with E-state index in [0.29, 0.717) is 17.8 Å². The molecule has 0 amide bonds. The molecule has 1 heterocycles. The normalized spacial score (nSPS) is 30.9. The maximum absolute atomic E-state index is 10.9. The van der Waals surface area contributed by atoms with Crippen molar-refractivity contribution >= 4 is 5.97 Å². The zero-order valence-electron chi connectivity index (χ0n) is 9.54. The molecule has 1 saturated carbocycles. The minimum Gasteiger partial charge on any atom is -0.481 e.